The zero-order chi connectivity index (χ0) is 13.3. The number of hydrogen-bond donors (Lipinski definition) is 2. The maximum absolute atomic E-state index is 9.17. The van der Waals surface area contributed by atoms with Crippen LogP contribution in [0.15, 0.2) is 18.5 Å². The van der Waals surface area contributed by atoms with Gasteiger partial charge >= 0.3 is 0 Å². The highest BCUT2D eigenvalue weighted by atomic mass is 16.3. The lowest BCUT2D eigenvalue weighted by Crippen LogP contribution is -2.41. The maximum atomic E-state index is 9.17. The number of nitrogens with two attached hydrogens (primary N) is 1. The van der Waals surface area contributed by atoms with E-state index in [2.05, 4.69) is 35.5 Å². The predicted molar refractivity (Wildman–Crippen MR) is 73.5 cm³/mol. The van der Waals surface area contributed by atoms with E-state index in [1.807, 2.05) is 13.3 Å². The van der Waals surface area contributed by atoms with Crippen molar-refractivity contribution in [3.63, 3.8) is 0 Å². The summed E-state index contributed by atoms with van der Waals surface area (Å²) in [5.74, 6) is 0. The van der Waals surface area contributed by atoms with Gasteiger partial charge in [0.2, 0.25) is 0 Å². The van der Waals surface area contributed by atoms with Crippen molar-refractivity contribution in [1.29, 1.82) is 0 Å². The van der Waals surface area contributed by atoms with Crippen LogP contribution in [0, 0.1) is 13.8 Å². The standard InChI is InChI=1S/C14H21N3O/c1-10-6-12-13(7-11(10)2)17(9-16-12)5-4-14(3,15)8-18/h6-7,9,18H,4-5,8,15H2,1-3H3. The molecular weight excluding hydrogens is 226 g/mol. The third-order valence-corrected chi connectivity index (χ3v) is 3.52. The topological polar surface area (TPSA) is 64.1 Å². The van der Waals surface area contributed by atoms with Crippen LogP contribution in [-0.4, -0.2) is 26.8 Å². The van der Waals surface area contributed by atoms with Gasteiger partial charge in [-0.05, 0) is 50.5 Å². The van der Waals surface area contributed by atoms with Crippen molar-refractivity contribution >= 4 is 11.0 Å². The second-order valence-corrected chi connectivity index (χ2v) is 5.43. The van der Waals surface area contributed by atoms with Crippen molar-refractivity contribution in [2.75, 3.05) is 6.61 Å². The van der Waals surface area contributed by atoms with Gasteiger partial charge in [-0.3, -0.25) is 0 Å². The summed E-state index contributed by atoms with van der Waals surface area (Å²) in [5, 5.41) is 9.17. The summed E-state index contributed by atoms with van der Waals surface area (Å²) in [4.78, 5) is 4.41. The van der Waals surface area contributed by atoms with Gasteiger partial charge in [0.15, 0.2) is 0 Å². The fourth-order valence-electron chi connectivity index (χ4n) is 1.95. The number of hydrogen-bond acceptors (Lipinski definition) is 3. The minimum Gasteiger partial charge on any atom is -0.394 e. The fourth-order valence-corrected chi connectivity index (χ4v) is 1.95. The smallest absolute Gasteiger partial charge is 0.0958 e. The average Bonchev–Trinajstić information content (AvgIpc) is 2.70. The molecule has 4 nitrogen and oxygen atoms in total. The number of aromatic nitrogens is 2. The van der Waals surface area contributed by atoms with Gasteiger partial charge in [-0.1, -0.05) is 0 Å². The van der Waals surface area contributed by atoms with E-state index < -0.39 is 5.54 Å². The molecule has 2 rings (SSSR count). The van der Waals surface area contributed by atoms with Crippen molar-refractivity contribution in [2.24, 2.45) is 5.73 Å². The Kier molecular flexibility index (Phi) is 3.41. The first-order valence-corrected chi connectivity index (χ1v) is 6.25. The Morgan fingerprint density at radius 1 is 1.33 bits per heavy atom. The van der Waals surface area contributed by atoms with Gasteiger partial charge in [-0.15, -0.1) is 0 Å². The largest absolute Gasteiger partial charge is 0.394 e. The lowest BCUT2D eigenvalue weighted by molar-refractivity contribution is 0.196. The number of imidazole rings is 1. The summed E-state index contributed by atoms with van der Waals surface area (Å²) < 4.78 is 2.10. The van der Waals surface area contributed by atoms with E-state index in [4.69, 9.17) is 10.8 Å². The van der Waals surface area contributed by atoms with E-state index in [1.54, 1.807) is 0 Å². The Morgan fingerprint density at radius 2 is 2.00 bits per heavy atom. The van der Waals surface area contributed by atoms with E-state index in [9.17, 15) is 0 Å². The van der Waals surface area contributed by atoms with Crippen LogP contribution in [0.25, 0.3) is 11.0 Å². The molecule has 2 aromatic rings. The summed E-state index contributed by atoms with van der Waals surface area (Å²) in [6, 6.07) is 4.26. The summed E-state index contributed by atoms with van der Waals surface area (Å²) in [5.41, 5.74) is 10.1. The fraction of sp³-hybridized carbons (Fsp3) is 0.500. The summed E-state index contributed by atoms with van der Waals surface area (Å²) >= 11 is 0. The first kappa shape index (κ1) is 13.1. The molecule has 0 aliphatic heterocycles. The summed E-state index contributed by atoms with van der Waals surface area (Å²) in [7, 11) is 0. The molecule has 4 heteroatoms. The molecule has 0 bridgehead atoms. The molecular formula is C14H21N3O. The van der Waals surface area contributed by atoms with Crippen LogP contribution in [-0.2, 0) is 6.54 Å². The van der Waals surface area contributed by atoms with Crippen LogP contribution in [0.1, 0.15) is 24.5 Å². The Bertz CT molecular complexity index is 557. The molecule has 1 aromatic carbocycles. The third-order valence-electron chi connectivity index (χ3n) is 3.52. The number of aryl methyl sites for hydroxylation is 3. The molecule has 3 N–H and O–H groups in total. The minimum absolute atomic E-state index is 0.00222. The quantitative estimate of drug-likeness (QED) is 0.865. The molecule has 0 amide bonds. The maximum Gasteiger partial charge on any atom is 0.0958 e. The molecule has 0 aliphatic carbocycles. The Hall–Kier alpha value is -1.39. The van der Waals surface area contributed by atoms with Gasteiger partial charge in [0, 0.05) is 12.1 Å². The van der Waals surface area contributed by atoms with Crippen LogP contribution in [0.3, 0.4) is 0 Å². The van der Waals surface area contributed by atoms with Crippen molar-refractivity contribution in [1.82, 2.24) is 9.55 Å². The molecule has 98 valence electrons. The molecule has 0 saturated heterocycles. The van der Waals surface area contributed by atoms with Gasteiger partial charge in [0.25, 0.3) is 0 Å². The molecule has 18 heavy (non-hydrogen) atoms. The number of aliphatic hydroxyl groups excluding tert-OH is 1. The number of fused-ring (bicyclic) bond motifs is 1. The van der Waals surface area contributed by atoms with E-state index in [0.29, 0.717) is 0 Å². The van der Waals surface area contributed by atoms with Crippen LogP contribution in [0.5, 0.6) is 0 Å². The van der Waals surface area contributed by atoms with Gasteiger partial charge in [0.05, 0.1) is 24.0 Å². The van der Waals surface area contributed by atoms with Crippen LogP contribution in [0.4, 0.5) is 0 Å². The first-order valence-electron chi connectivity index (χ1n) is 6.25. The zero-order valence-corrected chi connectivity index (χ0v) is 11.3. The Balaban J connectivity index is 2.27. The Morgan fingerprint density at radius 3 is 2.67 bits per heavy atom. The summed E-state index contributed by atoms with van der Waals surface area (Å²) in [6.07, 6.45) is 2.57. The minimum atomic E-state index is -0.531. The number of aliphatic hydroxyl groups is 1. The van der Waals surface area contributed by atoms with Crippen LogP contribution < -0.4 is 5.73 Å². The van der Waals surface area contributed by atoms with Crippen molar-refractivity contribution in [3.8, 4) is 0 Å². The number of nitrogens with zero attached hydrogens (tertiary/aromatic N) is 2. The second-order valence-electron chi connectivity index (χ2n) is 5.43. The van der Waals surface area contributed by atoms with Gasteiger partial charge < -0.3 is 15.4 Å². The molecule has 0 aliphatic rings. The lowest BCUT2D eigenvalue weighted by atomic mass is 10.0. The molecule has 0 spiro atoms. The molecule has 1 unspecified atom stereocenters. The number of rotatable bonds is 4. The molecule has 0 radical (unpaired) electrons. The summed E-state index contributed by atoms with van der Waals surface area (Å²) in [6.45, 7) is 6.83. The normalized spacial score (nSPS) is 14.9. The molecule has 1 aromatic heterocycles. The highest BCUT2D eigenvalue weighted by molar-refractivity contribution is 5.77. The van der Waals surface area contributed by atoms with Gasteiger partial charge in [-0.25, -0.2) is 4.98 Å². The Labute approximate surface area is 107 Å². The SMILES string of the molecule is Cc1cc2ncn(CCC(C)(N)CO)c2cc1C. The zero-order valence-electron chi connectivity index (χ0n) is 11.3. The van der Waals surface area contributed by atoms with E-state index in [-0.39, 0.29) is 6.61 Å². The van der Waals surface area contributed by atoms with E-state index in [0.717, 1.165) is 24.0 Å². The molecule has 0 fully saturated rings. The predicted octanol–water partition coefficient (Wildman–Crippen LogP) is 1.75. The van der Waals surface area contributed by atoms with Crippen molar-refractivity contribution in [2.45, 2.75) is 39.3 Å². The van der Waals surface area contributed by atoms with Crippen LogP contribution in [0.2, 0.25) is 0 Å². The first-order chi connectivity index (χ1) is 8.43. The average molecular weight is 247 g/mol. The lowest BCUT2D eigenvalue weighted by Gasteiger charge is -2.21. The van der Waals surface area contributed by atoms with E-state index >= 15 is 0 Å². The molecule has 1 heterocycles. The molecule has 0 saturated carbocycles. The third kappa shape index (κ3) is 2.54. The van der Waals surface area contributed by atoms with Gasteiger partial charge in [0.1, 0.15) is 0 Å². The van der Waals surface area contributed by atoms with Gasteiger partial charge in [-0.2, -0.15) is 0 Å². The van der Waals surface area contributed by atoms with Crippen LogP contribution >= 0.6 is 0 Å². The molecule has 1 atom stereocenters. The highest BCUT2D eigenvalue weighted by Crippen LogP contribution is 2.19. The van der Waals surface area contributed by atoms with Crippen molar-refractivity contribution in [3.05, 3.63) is 29.6 Å². The van der Waals surface area contributed by atoms with E-state index in [1.165, 1.54) is 11.1 Å². The highest BCUT2D eigenvalue weighted by Gasteiger charge is 2.17. The van der Waals surface area contributed by atoms with Crippen molar-refractivity contribution < 1.29 is 5.11 Å². The monoisotopic (exact) mass is 247 g/mol. The number of benzene rings is 1. The second kappa shape index (κ2) is 4.71.